The van der Waals surface area contributed by atoms with Gasteiger partial charge in [0, 0.05) is 17.0 Å². The third-order valence-electron chi connectivity index (χ3n) is 3.50. The van der Waals surface area contributed by atoms with E-state index in [1.54, 1.807) is 6.07 Å². The highest BCUT2D eigenvalue weighted by atomic mass is 32.2. The van der Waals surface area contributed by atoms with Gasteiger partial charge in [0.15, 0.2) is 0 Å². The van der Waals surface area contributed by atoms with Crippen LogP contribution in [0.5, 0.6) is 5.75 Å². The molecule has 2 aromatic rings. The number of nitrogen functional groups attached to an aromatic ring is 1. The van der Waals surface area contributed by atoms with Crippen molar-refractivity contribution in [3.8, 4) is 5.75 Å². The van der Waals surface area contributed by atoms with Gasteiger partial charge in [0.1, 0.15) is 11.9 Å². The Morgan fingerprint density at radius 1 is 1.30 bits per heavy atom. The van der Waals surface area contributed by atoms with E-state index in [-0.39, 0.29) is 6.10 Å². The summed E-state index contributed by atoms with van der Waals surface area (Å²) in [5.41, 5.74) is 8.60. The average Bonchev–Trinajstić information content (AvgIpc) is 2.80. The highest BCUT2D eigenvalue weighted by Gasteiger charge is 2.25. The largest absolute Gasteiger partial charge is 0.489 e. The van der Waals surface area contributed by atoms with Crippen LogP contribution in [0.1, 0.15) is 11.1 Å². The first-order chi connectivity index (χ1) is 9.63. The smallest absolute Gasteiger partial charge is 0.123 e. The number of fused-ring (bicyclic) bond motifs is 1. The molecular formula is C16H17NO2S. The standard InChI is InChI=1S/C16H17NO2S/c1-11-8-13(17)6-7-16(11)20(18)10-14-9-12-4-2-3-5-15(12)19-14/h2-8,14H,9-10,17H2,1H3. The van der Waals surface area contributed by atoms with Crippen molar-refractivity contribution in [2.75, 3.05) is 11.5 Å². The second-order valence-electron chi connectivity index (χ2n) is 5.09. The van der Waals surface area contributed by atoms with Crippen molar-refractivity contribution in [1.82, 2.24) is 0 Å². The van der Waals surface area contributed by atoms with Crippen LogP contribution in [0.15, 0.2) is 47.4 Å². The van der Waals surface area contributed by atoms with E-state index in [9.17, 15) is 4.21 Å². The Bertz CT molecular complexity index is 644. The number of hydrogen-bond donors (Lipinski definition) is 1. The lowest BCUT2D eigenvalue weighted by molar-refractivity contribution is 0.258. The topological polar surface area (TPSA) is 52.3 Å². The van der Waals surface area contributed by atoms with Crippen molar-refractivity contribution in [3.05, 3.63) is 53.6 Å². The van der Waals surface area contributed by atoms with Gasteiger partial charge in [-0.1, -0.05) is 18.2 Å². The van der Waals surface area contributed by atoms with Crippen LogP contribution in [0.3, 0.4) is 0 Å². The van der Waals surface area contributed by atoms with Crippen LogP contribution < -0.4 is 10.5 Å². The van der Waals surface area contributed by atoms with E-state index in [0.717, 1.165) is 22.6 Å². The van der Waals surface area contributed by atoms with Crippen LogP contribution in [0.4, 0.5) is 5.69 Å². The maximum Gasteiger partial charge on any atom is 0.123 e. The number of nitrogens with two attached hydrogens (primary N) is 1. The number of para-hydroxylation sites is 1. The van der Waals surface area contributed by atoms with E-state index in [1.807, 2.05) is 37.3 Å². The molecule has 104 valence electrons. The van der Waals surface area contributed by atoms with E-state index in [2.05, 4.69) is 6.07 Å². The lowest BCUT2D eigenvalue weighted by Gasteiger charge is -2.12. The molecule has 2 N–H and O–H groups in total. The van der Waals surface area contributed by atoms with Gasteiger partial charge in [0.25, 0.3) is 0 Å². The minimum atomic E-state index is -1.06. The SMILES string of the molecule is Cc1cc(N)ccc1S(=O)CC1Cc2ccccc2O1. The summed E-state index contributed by atoms with van der Waals surface area (Å²) in [5, 5.41) is 0. The molecule has 3 rings (SSSR count). The molecule has 3 nitrogen and oxygen atoms in total. The van der Waals surface area contributed by atoms with Crippen molar-refractivity contribution in [2.45, 2.75) is 24.3 Å². The van der Waals surface area contributed by atoms with Crippen molar-refractivity contribution in [3.63, 3.8) is 0 Å². The molecule has 0 radical (unpaired) electrons. The molecular weight excluding hydrogens is 270 g/mol. The molecule has 0 amide bonds. The van der Waals surface area contributed by atoms with Crippen molar-refractivity contribution >= 4 is 16.5 Å². The van der Waals surface area contributed by atoms with Gasteiger partial charge < -0.3 is 10.5 Å². The molecule has 0 saturated heterocycles. The van der Waals surface area contributed by atoms with Gasteiger partial charge in [-0.15, -0.1) is 0 Å². The van der Waals surface area contributed by atoms with Crippen molar-refractivity contribution in [2.24, 2.45) is 0 Å². The van der Waals surface area contributed by atoms with Crippen LogP contribution in [0.2, 0.25) is 0 Å². The minimum Gasteiger partial charge on any atom is -0.489 e. The molecule has 1 aliphatic rings. The summed E-state index contributed by atoms with van der Waals surface area (Å²) in [4.78, 5) is 0.846. The van der Waals surface area contributed by atoms with Gasteiger partial charge in [0.2, 0.25) is 0 Å². The van der Waals surface area contributed by atoms with Gasteiger partial charge in [-0.25, -0.2) is 0 Å². The van der Waals surface area contributed by atoms with Gasteiger partial charge in [0.05, 0.1) is 16.6 Å². The molecule has 0 aliphatic carbocycles. The Hall–Kier alpha value is -1.81. The number of benzene rings is 2. The molecule has 2 atom stereocenters. The van der Waals surface area contributed by atoms with E-state index >= 15 is 0 Å². The summed E-state index contributed by atoms with van der Waals surface area (Å²) in [6.45, 7) is 1.94. The second kappa shape index (κ2) is 5.29. The molecule has 20 heavy (non-hydrogen) atoms. The molecule has 4 heteroatoms. The highest BCUT2D eigenvalue weighted by Crippen LogP contribution is 2.29. The minimum absolute atomic E-state index is 0.00909. The maximum atomic E-state index is 12.5. The van der Waals surface area contributed by atoms with Crippen LogP contribution in [-0.4, -0.2) is 16.1 Å². The van der Waals surface area contributed by atoms with Crippen molar-refractivity contribution in [1.29, 1.82) is 0 Å². The summed E-state index contributed by atoms with van der Waals surface area (Å²) in [6.07, 6.45) is 0.820. The zero-order valence-electron chi connectivity index (χ0n) is 11.3. The molecule has 1 aliphatic heterocycles. The summed E-state index contributed by atoms with van der Waals surface area (Å²) in [7, 11) is -1.06. The molecule has 2 aromatic carbocycles. The maximum absolute atomic E-state index is 12.5. The second-order valence-corrected chi connectivity index (χ2v) is 6.55. The van der Waals surface area contributed by atoms with Crippen LogP contribution in [-0.2, 0) is 17.2 Å². The fraction of sp³-hybridized carbons (Fsp3) is 0.250. The number of hydrogen-bond acceptors (Lipinski definition) is 3. The quantitative estimate of drug-likeness (QED) is 0.883. The van der Waals surface area contributed by atoms with Crippen LogP contribution >= 0.6 is 0 Å². The molecule has 2 unspecified atom stereocenters. The van der Waals surface area contributed by atoms with Gasteiger partial charge in [-0.2, -0.15) is 0 Å². The zero-order chi connectivity index (χ0) is 14.1. The monoisotopic (exact) mass is 287 g/mol. The lowest BCUT2D eigenvalue weighted by atomic mass is 10.1. The highest BCUT2D eigenvalue weighted by molar-refractivity contribution is 7.85. The third-order valence-corrected chi connectivity index (χ3v) is 5.12. The van der Waals surface area contributed by atoms with E-state index < -0.39 is 10.8 Å². The van der Waals surface area contributed by atoms with E-state index in [1.165, 1.54) is 5.56 Å². The summed E-state index contributed by atoms with van der Waals surface area (Å²) < 4.78 is 18.3. The fourth-order valence-corrected chi connectivity index (χ4v) is 3.87. The van der Waals surface area contributed by atoms with Crippen molar-refractivity contribution < 1.29 is 8.95 Å². The first kappa shape index (κ1) is 13.2. The first-order valence-corrected chi connectivity index (χ1v) is 7.94. The van der Waals surface area contributed by atoms with Gasteiger partial charge in [-0.05, 0) is 42.3 Å². The molecule has 1 heterocycles. The number of aryl methyl sites for hydroxylation is 1. The van der Waals surface area contributed by atoms with E-state index in [0.29, 0.717) is 11.4 Å². The number of ether oxygens (including phenoxy) is 1. The summed E-state index contributed by atoms with van der Waals surface area (Å²) >= 11 is 0. The predicted molar refractivity (Wildman–Crippen MR) is 81.4 cm³/mol. The Morgan fingerprint density at radius 3 is 2.85 bits per heavy atom. The molecule has 0 fully saturated rings. The third kappa shape index (κ3) is 2.56. The van der Waals surface area contributed by atoms with Gasteiger partial charge in [-0.3, -0.25) is 4.21 Å². The van der Waals surface area contributed by atoms with Gasteiger partial charge >= 0.3 is 0 Å². The zero-order valence-corrected chi connectivity index (χ0v) is 12.2. The Kier molecular flexibility index (Phi) is 3.49. The van der Waals surface area contributed by atoms with Crippen LogP contribution in [0, 0.1) is 6.92 Å². The molecule has 0 bridgehead atoms. The lowest BCUT2D eigenvalue weighted by Crippen LogP contribution is -2.22. The molecule has 0 saturated carbocycles. The normalized spacial score (nSPS) is 18.4. The number of anilines is 1. The Morgan fingerprint density at radius 2 is 2.10 bits per heavy atom. The van der Waals surface area contributed by atoms with Crippen LogP contribution in [0.25, 0.3) is 0 Å². The molecule has 0 spiro atoms. The van der Waals surface area contributed by atoms with E-state index in [4.69, 9.17) is 10.5 Å². The predicted octanol–water partition coefficient (Wildman–Crippen LogP) is 2.69. The Balaban J connectivity index is 1.72. The Labute approximate surface area is 121 Å². The average molecular weight is 287 g/mol. The molecule has 0 aromatic heterocycles. The summed E-state index contributed by atoms with van der Waals surface area (Å²) in [5.74, 6) is 1.43. The fourth-order valence-electron chi connectivity index (χ4n) is 2.53. The number of rotatable bonds is 3. The first-order valence-electron chi connectivity index (χ1n) is 6.62. The summed E-state index contributed by atoms with van der Waals surface area (Å²) in [6, 6.07) is 13.5.